The van der Waals surface area contributed by atoms with E-state index in [0.717, 1.165) is 11.3 Å². The van der Waals surface area contributed by atoms with Crippen molar-refractivity contribution in [1.29, 1.82) is 5.26 Å². The average Bonchev–Trinajstić information content (AvgIpc) is 2.68. The Hall–Kier alpha value is -3.79. The number of hydrogen-bond donors (Lipinski definition) is 2. The minimum Gasteiger partial charge on any atom is -0.347 e. The lowest BCUT2D eigenvalue weighted by Crippen LogP contribution is -2.24. The third kappa shape index (κ3) is 4.36. The summed E-state index contributed by atoms with van der Waals surface area (Å²) >= 11 is 0. The first-order valence-corrected chi connectivity index (χ1v) is 7.52. The first-order valence-electron chi connectivity index (χ1n) is 7.52. The summed E-state index contributed by atoms with van der Waals surface area (Å²) in [6.07, 6.45) is 4.88. The molecule has 7 heteroatoms. The monoisotopic (exact) mass is 330 g/mol. The van der Waals surface area contributed by atoms with Crippen molar-refractivity contribution in [2.45, 2.75) is 6.54 Å². The summed E-state index contributed by atoms with van der Waals surface area (Å²) in [6.45, 7) is 0.370. The summed E-state index contributed by atoms with van der Waals surface area (Å²) in [6, 6.07) is 14.2. The Morgan fingerprint density at radius 3 is 2.68 bits per heavy atom. The number of pyridine rings is 1. The SMILES string of the molecule is N#Cc1ccc(Nc2nccc(C(=O)NCc3cccnc3)n2)cc1. The number of carbonyl (C=O) groups excluding carboxylic acids is 1. The van der Waals surface area contributed by atoms with Gasteiger partial charge < -0.3 is 10.6 Å². The van der Waals surface area contributed by atoms with Crippen LogP contribution in [0.15, 0.2) is 61.1 Å². The van der Waals surface area contributed by atoms with Crippen molar-refractivity contribution < 1.29 is 4.79 Å². The van der Waals surface area contributed by atoms with Gasteiger partial charge in [-0.1, -0.05) is 6.07 Å². The number of nitriles is 1. The number of rotatable bonds is 5. The van der Waals surface area contributed by atoms with Crippen molar-refractivity contribution in [1.82, 2.24) is 20.3 Å². The van der Waals surface area contributed by atoms with Gasteiger partial charge in [0.15, 0.2) is 0 Å². The van der Waals surface area contributed by atoms with Crippen molar-refractivity contribution in [2.24, 2.45) is 0 Å². The quantitative estimate of drug-likeness (QED) is 0.744. The van der Waals surface area contributed by atoms with Gasteiger partial charge in [0, 0.05) is 30.8 Å². The fourth-order valence-corrected chi connectivity index (χ4v) is 2.08. The lowest BCUT2D eigenvalue weighted by Gasteiger charge is -2.07. The minimum atomic E-state index is -0.297. The number of aromatic nitrogens is 3. The van der Waals surface area contributed by atoms with E-state index >= 15 is 0 Å². The molecule has 3 aromatic rings. The number of carbonyl (C=O) groups is 1. The highest BCUT2D eigenvalue weighted by Gasteiger charge is 2.09. The Kier molecular flexibility index (Phi) is 4.93. The topological polar surface area (TPSA) is 104 Å². The zero-order valence-corrected chi connectivity index (χ0v) is 13.2. The molecule has 0 aliphatic rings. The molecular weight excluding hydrogens is 316 g/mol. The number of benzene rings is 1. The maximum atomic E-state index is 12.2. The molecule has 2 N–H and O–H groups in total. The van der Waals surface area contributed by atoms with Gasteiger partial charge in [0.25, 0.3) is 5.91 Å². The molecule has 2 aromatic heterocycles. The molecule has 0 saturated carbocycles. The predicted molar refractivity (Wildman–Crippen MR) is 91.9 cm³/mol. The first-order chi connectivity index (χ1) is 12.2. The molecule has 0 unspecified atom stereocenters. The molecule has 0 fully saturated rings. The van der Waals surface area contributed by atoms with Gasteiger partial charge in [0.2, 0.25) is 5.95 Å². The van der Waals surface area contributed by atoms with E-state index in [2.05, 4.69) is 31.7 Å². The molecule has 1 amide bonds. The predicted octanol–water partition coefficient (Wildman–Crippen LogP) is 2.42. The van der Waals surface area contributed by atoms with Crippen LogP contribution in [-0.2, 0) is 6.54 Å². The van der Waals surface area contributed by atoms with E-state index in [-0.39, 0.29) is 11.6 Å². The van der Waals surface area contributed by atoms with Gasteiger partial charge in [-0.25, -0.2) is 9.97 Å². The van der Waals surface area contributed by atoms with E-state index in [9.17, 15) is 4.79 Å². The molecule has 0 atom stereocenters. The van der Waals surface area contributed by atoms with E-state index in [0.29, 0.717) is 18.1 Å². The zero-order valence-electron chi connectivity index (χ0n) is 13.2. The van der Waals surface area contributed by atoms with Crippen LogP contribution in [0.1, 0.15) is 21.6 Å². The standard InChI is InChI=1S/C18H14N6O/c19-10-13-3-5-15(6-4-13)23-18-21-9-7-16(24-18)17(25)22-12-14-2-1-8-20-11-14/h1-9,11H,12H2,(H,22,25)(H,21,23,24). The lowest BCUT2D eigenvalue weighted by atomic mass is 10.2. The van der Waals surface area contributed by atoms with Crippen LogP contribution in [0.3, 0.4) is 0 Å². The van der Waals surface area contributed by atoms with Crippen LogP contribution in [0.25, 0.3) is 0 Å². The smallest absolute Gasteiger partial charge is 0.270 e. The summed E-state index contributed by atoms with van der Waals surface area (Å²) in [4.78, 5) is 24.5. The molecule has 7 nitrogen and oxygen atoms in total. The van der Waals surface area contributed by atoms with Crippen molar-refractivity contribution in [3.63, 3.8) is 0 Å². The Morgan fingerprint density at radius 1 is 1.12 bits per heavy atom. The molecule has 0 aliphatic heterocycles. The highest BCUT2D eigenvalue weighted by molar-refractivity contribution is 5.92. The number of hydrogen-bond acceptors (Lipinski definition) is 6. The third-order valence-electron chi connectivity index (χ3n) is 3.33. The van der Waals surface area contributed by atoms with Crippen LogP contribution in [0.2, 0.25) is 0 Å². The summed E-state index contributed by atoms with van der Waals surface area (Å²) in [5, 5.41) is 14.6. The molecule has 1 aromatic carbocycles. The molecular formula is C18H14N6O. The minimum absolute atomic E-state index is 0.259. The zero-order chi connectivity index (χ0) is 17.5. The van der Waals surface area contributed by atoms with Gasteiger partial charge in [-0.3, -0.25) is 9.78 Å². The number of nitrogens with one attached hydrogen (secondary N) is 2. The van der Waals surface area contributed by atoms with Crippen molar-refractivity contribution in [3.05, 3.63) is 77.9 Å². The van der Waals surface area contributed by atoms with Gasteiger partial charge in [-0.05, 0) is 42.0 Å². The van der Waals surface area contributed by atoms with Crippen LogP contribution >= 0.6 is 0 Å². The molecule has 0 aliphatic carbocycles. The molecule has 3 rings (SSSR count). The van der Waals surface area contributed by atoms with Crippen LogP contribution in [0, 0.1) is 11.3 Å². The Labute approximate surface area is 144 Å². The second-order valence-corrected chi connectivity index (χ2v) is 5.12. The number of anilines is 2. The highest BCUT2D eigenvalue weighted by atomic mass is 16.1. The van der Waals surface area contributed by atoms with E-state index in [1.807, 2.05) is 12.1 Å². The van der Waals surface area contributed by atoms with E-state index < -0.39 is 0 Å². The molecule has 0 spiro atoms. The summed E-state index contributed by atoms with van der Waals surface area (Å²) in [5.41, 5.74) is 2.46. The average molecular weight is 330 g/mol. The Balaban J connectivity index is 1.66. The van der Waals surface area contributed by atoms with Crippen LogP contribution < -0.4 is 10.6 Å². The Bertz CT molecular complexity index is 903. The molecule has 0 saturated heterocycles. The molecule has 0 radical (unpaired) electrons. The van der Waals surface area contributed by atoms with Gasteiger partial charge in [-0.2, -0.15) is 5.26 Å². The summed E-state index contributed by atoms with van der Waals surface area (Å²) < 4.78 is 0. The van der Waals surface area contributed by atoms with Gasteiger partial charge >= 0.3 is 0 Å². The summed E-state index contributed by atoms with van der Waals surface area (Å²) in [7, 11) is 0. The molecule has 0 bridgehead atoms. The second kappa shape index (κ2) is 7.66. The fourth-order valence-electron chi connectivity index (χ4n) is 2.08. The van der Waals surface area contributed by atoms with E-state index in [4.69, 9.17) is 5.26 Å². The van der Waals surface area contributed by atoms with Gasteiger partial charge in [0.05, 0.1) is 11.6 Å². The van der Waals surface area contributed by atoms with Crippen LogP contribution in [0.5, 0.6) is 0 Å². The largest absolute Gasteiger partial charge is 0.347 e. The normalized spacial score (nSPS) is 9.88. The molecule has 2 heterocycles. The second-order valence-electron chi connectivity index (χ2n) is 5.12. The Morgan fingerprint density at radius 2 is 1.96 bits per heavy atom. The van der Waals surface area contributed by atoms with E-state index in [1.54, 1.807) is 42.7 Å². The highest BCUT2D eigenvalue weighted by Crippen LogP contribution is 2.13. The van der Waals surface area contributed by atoms with Crippen molar-refractivity contribution in [3.8, 4) is 6.07 Å². The van der Waals surface area contributed by atoms with Crippen molar-refractivity contribution >= 4 is 17.5 Å². The van der Waals surface area contributed by atoms with Crippen LogP contribution in [-0.4, -0.2) is 20.9 Å². The third-order valence-corrected chi connectivity index (χ3v) is 3.33. The summed E-state index contributed by atoms with van der Waals surface area (Å²) in [5.74, 6) is 0.00728. The van der Waals surface area contributed by atoms with E-state index in [1.165, 1.54) is 6.20 Å². The first kappa shape index (κ1) is 16.1. The van der Waals surface area contributed by atoms with Crippen LogP contribution in [0.4, 0.5) is 11.6 Å². The molecule has 25 heavy (non-hydrogen) atoms. The number of amides is 1. The van der Waals surface area contributed by atoms with Gasteiger partial charge in [-0.15, -0.1) is 0 Å². The van der Waals surface area contributed by atoms with Crippen molar-refractivity contribution in [2.75, 3.05) is 5.32 Å². The lowest BCUT2D eigenvalue weighted by molar-refractivity contribution is 0.0946. The fraction of sp³-hybridized carbons (Fsp3) is 0.0556. The number of nitrogens with zero attached hydrogens (tertiary/aromatic N) is 4. The van der Waals surface area contributed by atoms with Gasteiger partial charge in [0.1, 0.15) is 5.69 Å². The maximum absolute atomic E-state index is 12.2. The maximum Gasteiger partial charge on any atom is 0.270 e. The molecule has 122 valence electrons.